The summed E-state index contributed by atoms with van der Waals surface area (Å²) >= 11 is -1.71. The van der Waals surface area contributed by atoms with Gasteiger partial charge in [0.2, 0.25) is 0 Å². The van der Waals surface area contributed by atoms with Crippen molar-refractivity contribution in [3.05, 3.63) is 0 Å². The first-order valence-electron chi connectivity index (χ1n) is 9.94. The molecule has 0 heterocycles. The Hall–Kier alpha value is 2.20. The molecule has 0 nitrogen and oxygen atoms in total. The third kappa shape index (κ3) is 7.03. The molecule has 0 aromatic carbocycles. The molecule has 3 aliphatic rings. The van der Waals surface area contributed by atoms with Crippen LogP contribution in [0.5, 0.6) is 0 Å². The van der Waals surface area contributed by atoms with E-state index in [0.717, 1.165) is 17.0 Å². The standard InChI is InChI=1S/3C6H12P.ClH.Rh/c3*7-6-4-2-1-3-5-6;;/h3*6-7H,1-5H2;1H;/q3*-1;;+4/p-1. The van der Waals surface area contributed by atoms with Gasteiger partial charge in [-0.05, 0) is 0 Å². The van der Waals surface area contributed by atoms with Crippen LogP contribution in [-0.2, 0) is 12.3 Å². The van der Waals surface area contributed by atoms with Crippen LogP contribution in [0.4, 0.5) is 0 Å². The fourth-order valence-corrected chi connectivity index (χ4v) is 44.0. The Balaban J connectivity index is 1.59. The van der Waals surface area contributed by atoms with Gasteiger partial charge in [0.05, 0.1) is 0 Å². The van der Waals surface area contributed by atoms with Crippen LogP contribution in [-0.4, -0.2) is 17.0 Å². The second kappa shape index (κ2) is 10.5. The molecule has 3 rings (SSSR count). The molecule has 3 unspecified atom stereocenters. The Morgan fingerprint density at radius 3 is 1.00 bits per heavy atom. The molecular formula is C18H36ClP3Rh. The van der Waals surface area contributed by atoms with Crippen LogP contribution < -0.4 is 0 Å². The van der Waals surface area contributed by atoms with Gasteiger partial charge in [-0.25, -0.2) is 0 Å². The SMILES string of the molecule is [Cl][Rh]([PH]C1CCCCC1)([PH]C1CCCCC1)[PH]C1CCCCC1. The van der Waals surface area contributed by atoms with Crippen LogP contribution in [0, 0.1) is 0 Å². The summed E-state index contributed by atoms with van der Waals surface area (Å²) in [6.07, 6.45) is 22.6. The van der Waals surface area contributed by atoms with Gasteiger partial charge in [0.15, 0.2) is 0 Å². The van der Waals surface area contributed by atoms with E-state index in [1.165, 1.54) is 117 Å². The summed E-state index contributed by atoms with van der Waals surface area (Å²) in [5.41, 5.74) is 3.15. The van der Waals surface area contributed by atoms with Crippen LogP contribution in [0.2, 0.25) is 0 Å². The minimum absolute atomic E-state index is 1.05. The van der Waals surface area contributed by atoms with Gasteiger partial charge in [0.25, 0.3) is 0 Å². The van der Waals surface area contributed by atoms with Crippen molar-refractivity contribution in [2.75, 3.05) is 0 Å². The molecule has 3 fully saturated rings. The average molecular weight is 484 g/mol. The van der Waals surface area contributed by atoms with Crippen molar-refractivity contribution in [2.24, 2.45) is 0 Å². The Kier molecular flexibility index (Phi) is 9.12. The van der Waals surface area contributed by atoms with Gasteiger partial charge in [-0.15, -0.1) is 0 Å². The van der Waals surface area contributed by atoms with Crippen molar-refractivity contribution < 1.29 is 12.3 Å². The minimum atomic E-state index is -1.71. The normalized spacial score (nSPS) is 31.5. The van der Waals surface area contributed by atoms with E-state index in [-0.39, 0.29) is 0 Å². The van der Waals surface area contributed by atoms with Gasteiger partial charge in [-0.3, -0.25) is 0 Å². The molecule has 23 heavy (non-hydrogen) atoms. The van der Waals surface area contributed by atoms with E-state index < -0.39 is 12.3 Å². The Morgan fingerprint density at radius 2 is 0.739 bits per heavy atom. The zero-order valence-electron chi connectivity index (χ0n) is 14.5. The molecule has 3 aliphatic carbocycles. The van der Waals surface area contributed by atoms with E-state index in [0.29, 0.717) is 0 Å². The van der Waals surface area contributed by atoms with Gasteiger partial charge >= 0.3 is 156 Å². The predicted octanol–water partition coefficient (Wildman–Crippen LogP) is 8.07. The summed E-state index contributed by atoms with van der Waals surface area (Å²) in [6.45, 7) is 3.67. The molecule has 0 bridgehead atoms. The van der Waals surface area contributed by atoms with Crippen LogP contribution in [0.1, 0.15) is 96.3 Å². The zero-order chi connectivity index (χ0) is 16.0. The topological polar surface area (TPSA) is 0 Å². The summed E-state index contributed by atoms with van der Waals surface area (Å²) in [4.78, 5) is 0. The van der Waals surface area contributed by atoms with Gasteiger partial charge in [0, 0.05) is 0 Å². The fraction of sp³-hybridized carbons (Fsp3) is 1.00. The molecule has 0 aliphatic heterocycles. The first-order valence-corrected chi connectivity index (χ1v) is 22.2. The molecule has 5 heteroatoms. The quantitative estimate of drug-likeness (QED) is 0.265. The molecule has 3 saturated carbocycles. The van der Waals surface area contributed by atoms with Gasteiger partial charge < -0.3 is 0 Å². The summed E-state index contributed by atoms with van der Waals surface area (Å²) in [5.74, 6) is 0. The number of hydrogen-bond donors (Lipinski definition) is 0. The zero-order valence-corrected chi connectivity index (χ0v) is 19.9. The molecule has 3 atom stereocenters. The van der Waals surface area contributed by atoms with Gasteiger partial charge in [0.1, 0.15) is 0 Å². The van der Waals surface area contributed by atoms with E-state index in [1.807, 2.05) is 0 Å². The fourth-order valence-electron chi connectivity index (χ4n) is 4.24. The van der Waals surface area contributed by atoms with E-state index >= 15 is 0 Å². The molecule has 139 valence electrons. The molecule has 0 spiro atoms. The van der Waals surface area contributed by atoms with E-state index in [4.69, 9.17) is 9.69 Å². The third-order valence-electron chi connectivity index (χ3n) is 5.62. The first kappa shape index (κ1) is 20.0. The van der Waals surface area contributed by atoms with Gasteiger partial charge in [-0.1, -0.05) is 0 Å². The van der Waals surface area contributed by atoms with Crippen molar-refractivity contribution in [1.29, 1.82) is 0 Å². The van der Waals surface area contributed by atoms with E-state index in [2.05, 4.69) is 0 Å². The maximum absolute atomic E-state index is 7.64. The van der Waals surface area contributed by atoms with Crippen LogP contribution in [0.15, 0.2) is 0 Å². The summed E-state index contributed by atoms with van der Waals surface area (Å²) in [7, 11) is 7.64. The Bertz CT molecular complexity index is 287. The second-order valence-corrected chi connectivity index (χ2v) is 38.0. The molecular weight excluding hydrogens is 447 g/mol. The van der Waals surface area contributed by atoms with Crippen molar-refractivity contribution in [1.82, 2.24) is 0 Å². The van der Waals surface area contributed by atoms with Crippen LogP contribution >= 0.6 is 30.4 Å². The monoisotopic (exact) mass is 483 g/mol. The molecule has 0 aromatic rings. The van der Waals surface area contributed by atoms with Crippen molar-refractivity contribution in [3.63, 3.8) is 0 Å². The third-order valence-corrected chi connectivity index (χ3v) is 35.0. The molecule has 0 aromatic heterocycles. The van der Waals surface area contributed by atoms with Crippen molar-refractivity contribution in [3.8, 4) is 0 Å². The molecule has 0 amide bonds. The Morgan fingerprint density at radius 1 is 0.478 bits per heavy atom. The molecule has 0 radical (unpaired) electrons. The van der Waals surface area contributed by atoms with E-state index in [1.54, 1.807) is 0 Å². The number of halogens is 1. The van der Waals surface area contributed by atoms with Crippen molar-refractivity contribution in [2.45, 2.75) is 113 Å². The number of hydrogen-bond acceptors (Lipinski definition) is 0. The summed E-state index contributed by atoms with van der Waals surface area (Å²) in [6, 6.07) is 0. The first-order chi connectivity index (χ1) is 11.2. The molecule has 0 N–H and O–H groups in total. The van der Waals surface area contributed by atoms with Crippen LogP contribution in [0.3, 0.4) is 0 Å². The maximum atomic E-state index is 7.64. The number of rotatable bonds is 6. The average Bonchev–Trinajstić information content (AvgIpc) is 2.57. The molecule has 0 saturated heterocycles. The Labute approximate surface area is 155 Å². The summed E-state index contributed by atoms with van der Waals surface area (Å²) < 4.78 is 0. The van der Waals surface area contributed by atoms with Crippen LogP contribution in [0.25, 0.3) is 0 Å². The van der Waals surface area contributed by atoms with Gasteiger partial charge in [-0.2, -0.15) is 0 Å². The predicted molar refractivity (Wildman–Crippen MR) is 111 cm³/mol. The van der Waals surface area contributed by atoms with E-state index in [9.17, 15) is 0 Å². The van der Waals surface area contributed by atoms with Crippen molar-refractivity contribution >= 4 is 30.4 Å². The second-order valence-electron chi connectivity index (χ2n) is 7.73. The summed E-state index contributed by atoms with van der Waals surface area (Å²) in [5, 5.41) is 0.